The number of likely N-dealkylation sites (tertiary alicyclic amines) is 1. The standard InChI is InChI=1S/C18H17F2NO2/c19-16-7-6-13(12-17(16)20)18(22)21-10-8-15(9-11-21)23-14-4-2-1-3-5-14/h1-7,12,15H,8-11H2. The summed E-state index contributed by atoms with van der Waals surface area (Å²) in [5.41, 5.74) is 0.173. The summed E-state index contributed by atoms with van der Waals surface area (Å²) in [4.78, 5) is 14.0. The Morgan fingerprint density at radius 1 is 1.00 bits per heavy atom. The smallest absolute Gasteiger partial charge is 0.253 e. The van der Waals surface area contributed by atoms with Crippen LogP contribution in [-0.4, -0.2) is 30.0 Å². The fourth-order valence-corrected chi connectivity index (χ4v) is 2.68. The fraction of sp³-hybridized carbons (Fsp3) is 0.278. The first-order valence-corrected chi connectivity index (χ1v) is 7.59. The molecule has 2 aromatic rings. The van der Waals surface area contributed by atoms with Gasteiger partial charge < -0.3 is 9.64 Å². The number of rotatable bonds is 3. The second kappa shape index (κ2) is 6.77. The van der Waals surface area contributed by atoms with Gasteiger partial charge in [-0.05, 0) is 30.3 Å². The van der Waals surface area contributed by atoms with Gasteiger partial charge in [-0.15, -0.1) is 0 Å². The molecule has 0 saturated carbocycles. The van der Waals surface area contributed by atoms with E-state index in [1.54, 1.807) is 4.90 Å². The van der Waals surface area contributed by atoms with Crippen molar-refractivity contribution >= 4 is 5.91 Å². The summed E-state index contributed by atoms with van der Waals surface area (Å²) in [5.74, 6) is -1.41. The molecule has 0 aromatic heterocycles. The fourth-order valence-electron chi connectivity index (χ4n) is 2.68. The number of carbonyl (C=O) groups is 1. The highest BCUT2D eigenvalue weighted by atomic mass is 19.2. The number of para-hydroxylation sites is 1. The van der Waals surface area contributed by atoms with Crippen LogP contribution in [0, 0.1) is 11.6 Å². The maximum Gasteiger partial charge on any atom is 0.253 e. The summed E-state index contributed by atoms with van der Waals surface area (Å²) in [6, 6.07) is 12.8. The van der Waals surface area contributed by atoms with Gasteiger partial charge in [0.15, 0.2) is 11.6 Å². The first-order chi connectivity index (χ1) is 11.1. The average molecular weight is 317 g/mol. The molecule has 1 amide bonds. The Morgan fingerprint density at radius 3 is 2.35 bits per heavy atom. The quantitative estimate of drug-likeness (QED) is 0.865. The molecular weight excluding hydrogens is 300 g/mol. The number of nitrogens with zero attached hydrogens (tertiary/aromatic N) is 1. The van der Waals surface area contributed by atoms with Crippen LogP contribution in [0.3, 0.4) is 0 Å². The van der Waals surface area contributed by atoms with Gasteiger partial charge in [-0.3, -0.25) is 4.79 Å². The summed E-state index contributed by atoms with van der Waals surface area (Å²) in [7, 11) is 0. The minimum absolute atomic E-state index is 0.0615. The van der Waals surface area contributed by atoms with Crippen LogP contribution in [0.1, 0.15) is 23.2 Å². The zero-order chi connectivity index (χ0) is 16.2. The Kier molecular flexibility index (Phi) is 4.55. The minimum atomic E-state index is -1.00. The van der Waals surface area contributed by atoms with Crippen LogP contribution in [0.5, 0.6) is 5.75 Å². The van der Waals surface area contributed by atoms with E-state index in [2.05, 4.69) is 0 Å². The topological polar surface area (TPSA) is 29.5 Å². The SMILES string of the molecule is O=C(c1ccc(F)c(F)c1)N1CCC(Oc2ccccc2)CC1. The van der Waals surface area contributed by atoms with E-state index in [0.717, 1.165) is 17.9 Å². The molecule has 0 radical (unpaired) electrons. The van der Waals surface area contributed by atoms with Crippen molar-refractivity contribution < 1.29 is 18.3 Å². The van der Waals surface area contributed by atoms with Crippen molar-refractivity contribution in [2.45, 2.75) is 18.9 Å². The number of benzene rings is 2. The monoisotopic (exact) mass is 317 g/mol. The van der Waals surface area contributed by atoms with E-state index in [1.165, 1.54) is 6.07 Å². The molecule has 23 heavy (non-hydrogen) atoms. The third kappa shape index (κ3) is 3.67. The molecular formula is C18H17F2NO2. The molecule has 1 fully saturated rings. The third-order valence-electron chi connectivity index (χ3n) is 3.94. The molecule has 0 atom stereocenters. The van der Waals surface area contributed by atoms with Gasteiger partial charge in [0.1, 0.15) is 11.9 Å². The first kappa shape index (κ1) is 15.5. The predicted octanol–water partition coefficient (Wildman–Crippen LogP) is 3.65. The van der Waals surface area contributed by atoms with Crippen LogP contribution in [0.15, 0.2) is 48.5 Å². The normalized spacial score (nSPS) is 15.5. The van der Waals surface area contributed by atoms with Crippen LogP contribution in [0.4, 0.5) is 8.78 Å². The molecule has 0 N–H and O–H groups in total. The lowest BCUT2D eigenvalue weighted by Gasteiger charge is -2.32. The van der Waals surface area contributed by atoms with Crippen molar-refractivity contribution in [3.05, 3.63) is 65.7 Å². The second-order valence-electron chi connectivity index (χ2n) is 5.55. The van der Waals surface area contributed by atoms with Crippen molar-refractivity contribution in [2.24, 2.45) is 0 Å². The van der Waals surface area contributed by atoms with Crippen molar-refractivity contribution in [1.82, 2.24) is 4.90 Å². The summed E-state index contributed by atoms with van der Waals surface area (Å²) >= 11 is 0. The minimum Gasteiger partial charge on any atom is -0.490 e. The van der Waals surface area contributed by atoms with E-state index in [4.69, 9.17) is 4.74 Å². The van der Waals surface area contributed by atoms with Crippen LogP contribution in [0.25, 0.3) is 0 Å². The molecule has 1 heterocycles. The molecule has 1 aliphatic rings. The summed E-state index contributed by atoms with van der Waals surface area (Å²) in [5, 5.41) is 0. The van der Waals surface area contributed by atoms with E-state index >= 15 is 0 Å². The number of ether oxygens (including phenoxy) is 1. The highest BCUT2D eigenvalue weighted by molar-refractivity contribution is 5.94. The lowest BCUT2D eigenvalue weighted by molar-refractivity contribution is 0.0595. The number of piperidine rings is 1. The molecule has 1 saturated heterocycles. The Labute approximate surface area is 133 Å². The predicted molar refractivity (Wildman–Crippen MR) is 82.4 cm³/mol. The van der Waals surface area contributed by atoms with Gasteiger partial charge in [0.25, 0.3) is 5.91 Å². The van der Waals surface area contributed by atoms with Gasteiger partial charge in [0.05, 0.1) is 0 Å². The molecule has 3 rings (SSSR count). The van der Waals surface area contributed by atoms with E-state index < -0.39 is 11.6 Å². The molecule has 120 valence electrons. The van der Waals surface area contributed by atoms with Crippen molar-refractivity contribution in [3.8, 4) is 5.75 Å². The molecule has 0 bridgehead atoms. The summed E-state index contributed by atoms with van der Waals surface area (Å²) < 4.78 is 32.1. The van der Waals surface area contributed by atoms with Crippen LogP contribution < -0.4 is 4.74 Å². The molecule has 0 unspecified atom stereocenters. The molecule has 1 aliphatic heterocycles. The van der Waals surface area contributed by atoms with Crippen LogP contribution >= 0.6 is 0 Å². The van der Waals surface area contributed by atoms with Gasteiger partial charge in [0, 0.05) is 31.5 Å². The number of halogens is 2. The number of hydrogen-bond acceptors (Lipinski definition) is 2. The molecule has 5 heteroatoms. The molecule has 3 nitrogen and oxygen atoms in total. The second-order valence-corrected chi connectivity index (χ2v) is 5.55. The third-order valence-corrected chi connectivity index (χ3v) is 3.94. The number of hydrogen-bond donors (Lipinski definition) is 0. The zero-order valence-corrected chi connectivity index (χ0v) is 12.5. The van der Waals surface area contributed by atoms with Gasteiger partial charge >= 0.3 is 0 Å². The molecule has 2 aromatic carbocycles. The lowest BCUT2D eigenvalue weighted by Crippen LogP contribution is -2.41. The van der Waals surface area contributed by atoms with E-state index in [9.17, 15) is 13.6 Å². The lowest BCUT2D eigenvalue weighted by atomic mass is 10.1. The summed E-state index contributed by atoms with van der Waals surface area (Å²) in [6.45, 7) is 1.07. The molecule has 0 aliphatic carbocycles. The average Bonchev–Trinajstić information content (AvgIpc) is 2.58. The van der Waals surface area contributed by atoms with Gasteiger partial charge in [0.2, 0.25) is 0 Å². The van der Waals surface area contributed by atoms with Crippen LogP contribution in [0.2, 0.25) is 0 Å². The van der Waals surface area contributed by atoms with Gasteiger partial charge in [-0.1, -0.05) is 18.2 Å². The van der Waals surface area contributed by atoms with Gasteiger partial charge in [-0.25, -0.2) is 8.78 Å². The summed E-state index contributed by atoms with van der Waals surface area (Å²) in [6.07, 6.45) is 1.49. The Morgan fingerprint density at radius 2 is 1.70 bits per heavy atom. The van der Waals surface area contributed by atoms with Crippen molar-refractivity contribution in [3.63, 3.8) is 0 Å². The maximum atomic E-state index is 13.2. The van der Waals surface area contributed by atoms with Gasteiger partial charge in [-0.2, -0.15) is 0 Å². The Bertz CT molecular complexity index is 683. The number of carbonyl (C=O) groups excluding carboxylic acids is 1. The van der Waals surface area contributed by atoms with Crippen molar-refractivity contribution in [1.29, 1.82) is 0 Å². The first-order valence-electron chi connectivity index (χ1n) is 7.59. The highest BCUT2D eigenvalue weighted by Crippen LogP contribution is 2.20. The van der Waals surface area contributed by atoms with Crippen LogP contribution in [-0.2, 0) is 0 Å². The highest BCUT2D eigenvalue weighted by Gasteiger charge is 2.25. The maximum absolute atomic E-state index is 13.2. The molecule has 0 spiro atoms. The zero-order valence-electron chi connectivity index (χ0n) is 12.5. The van der Waals surface area contributed by atoms with E-state index in [0.29, 0.717) is 25.9 Å². The Hall–Kier alpha value is -2.43. The van der Waals surface area contributed by atoms with Crippen molar-refractivity contribution in [2.75, 3.05) is 13.1 Å². The largest absolute Gasteiger partial charge is 0.490 e. The van der Waals surface area contributed by atoms with E-state index in [1.807, 2.05) is 30.3 Å². The Balaban J connectivity index is 1.58. The van der Waals surface area contributed by atoms with E-state index in [-0.39, 0.29) is 17.6 Å². The number of amides is 1.